The highest BCUT2D eigenvalue weighted by Crippen LogP contribution is 2.32. The van der Waals surface area contributed by atoms with Gasteiger partial charge in [-0.1, -0.05) is 18.3 Å². The van der Waals surface area contributed by atoms with Crippen LogP contribution in [0.25, 0.3) is 0 Å². The minimum absolute atomic E-state index is 0.00380. The van der Waals surface area contributed by atoms with Gasteiger partial charge >= 0.3 is 0 Å². The molecule has 2 N–H and O–H groups in total. The third-order valence-electron chi connectivity index (χ3n) is 2.61. The van der Waals surface area contributed by atoms with Crippen LogP contribution in [0.3, 0.4) is 0 Å². The topological polar surface area (TPSA) is 89.2 Å². The van der Waals surface area contributed by atoms with Gasteiger partial charge in [0.1, 0.15) is 0 Å². The normalized spacial score (nSPS) is 16.6. The van der Waals surface area contributed by atoms with E-state index >= 15 is 0 Å². The molecule has 17 heavy (non-hydrogen) atoms. The quantitative estimate of drug-likeness (QED) is 0.835. The van der Waals surface area contributed by atoms with Gasteiger partial charge in [0.15, 0.2) is 0 Å². The number of sulfonamides is 1. The first kappa shape index (κ1) is 12.7. The van der Waals surface area contributed by atoms with Gasteiger partial charge < -0.3 is 5.73 Å². The Bertz CT molecular complexity index is 481. The summed E-state index contributed by atoms with van der Waals surface area (Å²) >= 11 is 0.922. The number of anilines is 1. The molecule has 0 bridgehead atoms. The maximum atomic E-state index is 12.3. The fraction of sp³-hybridized carbons (Fsp3) is 0.778. The van der Waals surface area contributed by atoms with E-state index in [0.717, 1.165) is 30.6 Å². The van der Waals surface area contributed by atoms with E-state index in [-0.39, 0.29) is 9.47 Å². The zero-order valence-corrected chi connectivity index (χ0v) is 11.3. The lowest BCUT2D eigenvalue weighted by molar-refractivity contribution is 0.395. The molecule has 1 saturated carbocycles. The van der Waals surface area contributed by atoms with Crippen molar-refractivity contribution in [3.63, 3.8) is 0 Å². The van der Waals surface area contributed by atoms with Gasteiger partial charge in [0.05, 0.1) is 0 Å². The summed E-state index contributed by atoms with van der Waals surface area (Å²) in [6.45, 7) is 3.08. The molecule has 2 rings (SSSR count). The van der Waals surface area contributed by atoms with Crippen LogP contribution in [-0.4, -0.2) is 36.0 Å². The monoisotopic (exact) mass is 276 g/mol. The second-order valence-corrected chi connectivity index (χ2v) is 7.33. The predicted octanol–water partition coefficient (Wildman–Crippen LogP) is 0.931. The van der Waals surface area contributed by atoms with Crippen molar-refractivity contribution in [2.75, 3.05) is 18.8 Å². The molecule has 0 amide bonds. The predicted molar refractivity (Wildman–Crippen MR) is 66.1 cm³/mol. The minimum atomic E-state index is -3.50. The molecule has 96 valence electrons. The van der Waals surface area contributed by atoms with Gasteiger partial charge in [-0.05, 0) is 25.2 Å². The number of rotatable bonds is 6. The van der Waals surface area contributed by atoms with Crippen molar-refractivity contribution in [2.45, 2.75) is 30.5 Å². The maximum Gasteiger partial charge on any atom is 0.272 e. The van der Waals surface area contributed by atoms with Gasteiger partial charge in [0.25, 0.3) is 10.0 Å². The van der Waals surface area contributed by atoms with Gasteiger partial charge in [0.2, 0.25) is 9.47 Å². The smallest absolute Gasteiger partial charge is 0.272 e. The Hall–Kier alpha value is -0.730. The van der Waals surface area contributed by atoms with E-state index in [0.29, 0.717) is 19.0 Å². The minimum Gasteiger partial charge on any atom is -0.374 e. The van der Waals surface area contributed by atoms with Crippen LogP contribution >= 0.6 is 11.3 Å². The lowest BCUT2D eigenvalue weighted by atomic mass is 10.4. The molecule has 0 aliphatic heterocycles. The molecule has 1 fully saturated rings. The molecular weight excluding hydrogens is 260 g/mol. The fourth-order valence-electron chi connectivity index (χ4n) is 1.58. The number of nitrogen functional groups attached to an aromatic ring is 1. The Morgan fingerprint density at radius 2 is 2.18 bits per heavy atom. The van der Waals surface area contributed by atoms with Crippen LogP contribution in [0.5, 0.6) is 0 Å². The van der Waals surface area contributed by atoms with Gasteiger partial charge in [-0.2, -0.15) is 4.31 Å². The summed E-state index contributed by atoms with van der Waals surface area (Å²) in [6.07, 6.45) is 3.03. The number of nitrogens with two attached hydrogens (primary N) is 1. The summed E-state index contributed by atoms with van der Waals surface area (Å²) in [4.78, 5) is 0. The Labute approximate surface area is 105 Å². The number of aromatic nitrogens is 2. The van der Waals surface area contributed by atoms with Crippen LogP contribution in [0.4, 0.5) is 5.13 Å². The zero-order chi connectivity index (χ0) is 12.5. The highest BCUT2D eigenvalue weighted by atomic mass is 32.2. The van der Waals surface area contributed by atoms with Gasteiger partial charge in [0, 0.05) is 13.1 Å². The summed E-state index contributed by atoms with van der Waals surface area (Å²) in [5.41, 5.74) is 5.42. The first-order chi connectivity index (χ1) is 8.04. The Balaban J connectivity index is 2.20. The molecule has 0 atom stereocenters. The molecule has 1 heterocycles. The van der Waals surface area contributed by atoms with Crippen LogP contribution in [-0.2, 0) is 10.0 Å². The SMILES string of the molecule is CCCN(CC1CC1)S(=O)(=O)c1nnc(N)s1. The van der Waals surface area contributed by atoms with Crippen molar-refractivity contribution in [1.82, 2.24) is 14.5 Å². The Kier molecular flexibility index (Phi) is 3.64. The van der Waals surface area contributed by atoms with Crippen LogP contribution in [0.2, 0.25) is 0 Å². The second-order valence-electron chi connectivity index (χ2n) is 4.21. The van der Waals surface area contributed by atoms with Crippen molar-refractivity contribution in [2.24, 2.45) is 5.92 Å². The van der Waals surface area contributed by atoms with E-state index in [1.54, 1.807) is 0 Å². The lowest BCUT2D eigenvalue weighted by Crippen LogP contribution is -2.33. The molecule has 0 spiro atoms. The van der Waals surface area contributed by atoms with Crippen LogP contribution in [0, 0.1) is 5.92 Å². The summed E-state index contributed by atoms with van der Waals surface area (Å²) < 4.78 is 26.1. The molecule has 0 radical (unpaired) electrons. The zero-order valence-electron chi connectivity index (χ0n) is 9.66. The lowest BCUT2D eigenvalue weighted by Gasteiger charge is -2.19. The largest absolute Gasteiger partial charge is 0.374 e. The summed E-state index contributed by atoms with van der Waals surface area (Å²) in [6, 6.07) is 0. The van der Waals surface area contributed by atoms with Crippen molar-refractivity contribution in [1.29, 1.82) is 0 Å². The first-order valence-corrected chi connectivity index (χ1v) is 7.89. The van der Waals surface area contributed by atoms with Crippen molar-refractivity contribution >= 4 is 26.5 Å². The fourth-order valence-corrected chi connectivity index (χ4v) is 4.11. The molecule has 1 aromatic heterocycles. The first-order valence-electron chi connectivity index (χ1n) is 5.63. The summed E-state index contributed by atoms with van der Waals surface area (Å²) in [7, 11) is -3.50. The van der Waals surface area contributed by atoms with Gasteiger partial charge in [-0.15, -0.1) is 10.2 Å². The van der Waals surface area contributed by atoms with Crippen LogP contribution in [0.1, 0.15) is 26.2 Å². The molecule has 1 aromatic rings. The molecule has 0 saturated heterocycles. The molecular formula is C9H16N4O2S2. The number of hydrogen-bond acceptors (Lipinski definition) is 6. The Morgan fingerprint density at radius 1 is 1.47 bits per heavy atom. The standard InChI is InChI=1S/C9H16N4O2S2/c1-2-5-13(6-7-3-4-7)17(14,15)9-12-11-8(10)16-9/h7H,2-6H2,1H3,(H2,10,11). The molecule has 8 heteroatoms. The van der Waals surface area contributed by atoms with E-state index in [1.165, 1.54) is 4.31 Å². The molecule has 1 aliphatic rings. The highest BCUT2D eigenvalue weighted by Gasteiger charge is 2.33. The van der Waals surface area contributed by atoms with E-state index in [2.05, 4.69) is 10.2 Å². The maximum absolute atomic E-state index is 12.3. The van der Waals surface area contributed by atoms with Crippen molar-refractivity contribution in [3.05, 3.63) is 0 Å². The van der Waals surface area contributed by atoms with Crippen molar-refractivity contribution in [3.8, 4) is 0 Å². The number of hydrogen-bond donors (Lipinski definition) is 1. The third-order valence-corrected chi connectivity index (χ3v) is 5.58. The molecule has 6 nitrogen and oxygen atoms in total. The van der Waals surface area contributed by atoms with E-state index in [4.69, 9.17) is 5.73 Å². The molecule has 0 aromatic carbocycles. The van der Waals surface area contributed by atoms with E-state index < -0.39 is 10.0 Å². The molecule has 0 unspecified atom stereocenters. The van der Waals surface area contributed by atoms with Crippen LogP contribution < -0.4 is 5.73 Å². The molecule has 1 aliphatic carbocycles. The van der Waals surface area contributed by atoms with Crippen LogP contribution in [0.15, 0.2) is 4.34 Å². The van der Waals surface area contributed by atoms with E-state index in [9.17, 15) is 8.42 Å². The van der Waals surface area contributed by atoms with Gasteiger partial charge in [-0.3, -0.25) is 0 Å². The third kappa shape index (κ3) is 2.93. The second kappa shape index (κ2) is 4.87. The Morgan fingerprint density at radius 3 is 2.65 bits per heavy atom. The van der Waals surface area contributed by atoms with E-state index in [1.807, 2.05) is 6.92 Å². The average molecular weight is 276 g/mol. The summed E-state index contributed by atoms with van der Waals surface area (Å²) in [5.74, 6) is 0.515. The summed E-state index contributed by atoms with van der Waals surface area (Å²) in [5, 5.41) is 7.38. The van der Waals surface area contributed by atoms with Crippen molar-refractivity contribution < 1.29 is 8.42 Å². The average Bonchev–Trinajstić information content (AvgIpc) is 2.98. The van der Waals surface area contributed by atoms with Gasteiger partial charge in [-0.25, -0.2) is 8.42 Å². The number of nitrogens with zero attached hydrogens (tertiary/aromatic N) is 3. The highest BCUT2D eigenvalue weighted by molar-refractivity contribution is 7.91.